The van der Waals surface area contributed by atoms with Crippen molar-refractivity contribution in [1.29, 1.82) is 0 Å². The lowest BCUT2D eigenvalue weighted by molar-refractivity contribution is -0.138. The molecular weight excluding hydrogens is 352 g/mol. The first kappa shape index (κ1) is 17.3. The molecule has 1 amide bonds. The minimum absolute atomic E-state index is 0.0692. The molecule has 2 aromatic heterocycles. The number of carbonyl (C=O) groups is 1. The highest BCUT2D eigenvalue weighted by Gasteiger charge is 2.34. The van der Waals surface area contributed by atoms with E-state index in [4.69, 9.17) is 0 Å². The molecular formula is C21H24N6O. The molecule has 5 rings (SSSR count). The van der Waals surface area contributed by atoms with E-state index in [0.29, 0.717) is 0 Å². The number of hydrogen-bond acceptors (Lipinski definition) is 5. The molecule has 1 atom stereocenters. The van der Waals surface area contributed by atoms with Crippen LogP contribution in [0, 0.1) is 0 Å². The maximum Gasteiger partial charge on any atom is 0.240 e. The van der Waals surface area contributed by atoms with Crippen LogP contribution in [0.25, 0.3) is 11.2 Å². The highest BCUT2D eigenvalue weighted by Crippen LogP contribution is 2.27. The molecule has 2 aliphatic rings. The first-order chi connectivity index (χ1) is 13.7. The average molecular weight is 376 g/mol. The molecule has 144 valence electrons. The fourth-order valence-corrected chi connectivity index (χ4v) is 4.50. The molecule has 0 bridgehead atoms. The largest absolute Gasteiger partial charge is 0.341 e. The SMILES string of the molecule is CN1Cc2ccccc2C[C@H]1C(=O)N1CCC(n2nnc3cccnc32)CC1. The second kappa shape index (κ2) is 6.98. The van der Waals surface area contributed by atoms with Gasteiger partial charge in [0.2, 0.25) is 5.91 Å². The van der Waals surface area contributed by atoms with Crippen LogP contribution < -0.4 is 0 Å². The monoisotopic (exact) mass is 376 g/mol. The Morgan fingerprint density at radius 3 is 2.68 bits per heavy atom. The van der Waals surface area contributed by atoms with Gasteiger partial charge in [0, 0.05) is 25.8 Å². The van der Waals surface area contributed by atoms with Crippen LogP contribution in [0.4, 0.5) is 0 Å². The summed E-state index contributed by atoms with van der Waals surface area (Å²) in [7, 11) is 2.05. The van der Waals surface area contributed by atoms with E-state index in [1.165, 1.54) is 11.1 Å². The predicted molar refractivity (Wildman–Crippen MR) is 106 cm³/mol. The number of hydrogen-bond donors (Lipinski definition) is 0. The Hall–Kier alpha value is -2.80. The molecule has 7 nitrogen and oxygen atoms in total. The van der Waals surface area contributed by atoms with Gasteiger partial charge in [-0.15, -0.1) is 5.10 Å². The van der Waals surface area contributed by atoms with E-state index >= 15 is 0 Å². The number of nitrogens with zero attached hydrogens (tertiary/aromatic N) is 6. The van der Waals surface area contributed by atoms with E-state index in [1.807, 2.05) is 21.7 Å². The molecule has 4 heterocycles. The zero-order valence-electron chi connectivity index (χ0n) is 16.0. The van der Waals surface area contributed by atoms with Gasteiger partial charge in [0.05, 0.1) is 12.1 Å². The van der Waals surface area contributed by atoms with Crippen molar-refractivity contribution >= 4 is 17.1 Å². The van der Waals surface area contributed by atoms with Crippen LogP contribution in [0.5, 0.6) is 0 Å². The third-order valence-corrected chi connectivity index (χ3v) is 6.12. The average Bonchev–Trinajstić information content (AvgIpc) is 3.17. The van der Waals surface area contributed by atoms with Crippen molar-refractivity contribution < 1.29 is 4.79 Å². The van der Waals surface area contributed by atoms with Gasteiger partial charge in [-0.1, -0.05) is 29.5 Å². The normalized spacial score (nSPS) is 21.0. The van der Waals surface area contributed by atoms with Gasteiger partial charge < -0.3 is 4.90 Å². The zero-order valence-corrected chi connectivity index (χ0v) is 16.0. The molecule has 2 aliphatic heterocycles. The van der Waals surface area contributed by atoms with E-state index in [-0.39, 0.29) is 18.0 Å². The molecule has 7 heteroatoms. The summed E-state index contributed by atoms with van der Waals surface area (Å²) in [5, 5.41) is 8.52. The van der Waals surface area contributed by atoms with Crippen LogP contribution in [0.3, 0.4) is 0 Å². The second-order valence-electron chi connectivity index (χ2n) is 7.84. The zero-order chi connectivity index (χ0) is 19.1. The predicted octanol–water partition coefficient (Wildman–Crippen LogP) is 2.05. The minimum Gasteiger partial charge on any atom is -0.341 e. The second-order valence-corrected chi connectivity index (χ2v) is 7.84. The summed E-state index contributed by atoms with van der Waals surface area (Å²) in [4.78, 5) is 21.9. The Bertz CT molecular complexity index is 1010. The minimum atomic E-state index is -0.0692. The maximum atomic E-state index is 13.2. The van der Waals surface area contributed by atoms with Crippen LogP contribution >= 0.6 is 0 Å². The van der Waals surface area contributed by atoms with Crippen LogP contribution in [-0.4, -0.2) is 61.9 Å². The lowest BCUT2D eigenvalue weighted by Gasteiger charge is -2.39. The lowest BCUT2D eigenvalue weighted by atomic mass is 9.93. The summed E-state index contributed by atoms with van der Waals surface area (Å²) in [6.45, 7) is 2.34. The Balaban J connectivity index is 1.27. The summed E-state index contributed by atoms with van der Waals surface area (Å²) in [6.07, 6.45) is 4.34. The van der Waals surface area contributed by atoms with E-state index in [0.717, 1.165) is 50.1 Å². The van der Waals surface area contributed by atoms with Crippen molar-refractivity contribution in [3.05, 3.63) is 53.7 Å². The number of likely N-dealkylation sites (tertiary alicyclic amines) is 1. The van der Waals surface area contributed by atoms with Crippen LogP contribution in [0.2, 0.25) is 0 Å². The Morgan fingerprint density at radius 2 is 1.86 bits per heavy atom. The molecule has 0 radical (unpaired) electrons. The van der Waals surface area contributed by atoms with Crippen molar-refractivity contribution in [2.75, 3.05) is 20.1 Å². The number of fused-ring (bicyclic) bond motifs is 2. The van der Waals surface area contributed by atoms with E-state index in [2.05, 4.69) is 51.5 Å². The number of likely N-dealkylation sites (N-methyl/N-ethyl adjacent to an activating group) is 1. The van der Waals surface area contributed by atoms with Crippen molar-refractivity contribution in [2.45, 2.75) is 37.9 Å². The molecule has 1 aromatic carbocycles. The van der Waals surface area contributed by atoms with Crippen molar-refractivity contribution in [1.82, 2.24) is 29.8 Å². The number of amides is 1. The number of carbonyl (C=O) groups excluding carboxylic acids is 1. The Labute approximate surface area is 164 Å². The topological polar surface area (TPSA) is 67.2 Å². The van der Waals surface area contributed by atoms with Crippen LogP contribution in [0.15, 0.2) is 42.6 Å². The van der Waals surface area contributed by atoms with Crippen molar-refractivity contribution in [2.24, 2.45) is 0 Å². The third kappa shape index (κ3) is 2.96. The smallest absolute Gasteiger partial charge is 0.240 e. The molecule has 3 aromatic rings. The van der Waals surface area contributed by atoms with Crippen LogP contribution in [0.1, 0.15) is 30.0 Å². The Morgan fingerprint density at radius 1 is 1.07 bits per heavy atom. The van der Waals surface area contributed by atoms with E-state index in [1.54, 1.807) is 6.20 Å². The van der Waals surface area contributed by atoms with Gasteiger partial charge in [-0.25, -0.2) is 9.67 Å². The van der Waals surface area contributed by atoms with Gasteiger partial charge in [-0.2, -0.15) is 0 Å². The molecule has 0 spiro atoms. The standard InChI is InChI=1S/C21H24N6O/c1-25-14-16-6-3-2-5-15(16)13-19(25)21(28)26-11-8-17(9-12-26)27-20-18(23-24-27)7-4-10-22-20/h2-7,10,17,19H,8-9,11-14H2,1H3/t19-/m0/s1. The molecule has 0 aliphatic carbocycles. The van der Waals surface area contributed by atoms with Gasteiger partial charge in [0.1, 0.15) is 5.52 Å². The fourth-order valence-electron chi connectivity index (χ4n) is 4.50. The highest BCUT2D eigenvalue weighted by atomic mass is 16.2. The first-order valence-corrected chi connectivity index (χ1v) is 9.92. The highest BCUT2D eigenvalue weighted by molar-refractivity contribution is 5.82. The van der Waals surface area contributed by atoms with E-state index < -0.39 is 0 Å². The molecule has 1 saturated heterocycles. The van der Waals surface area contributed by atoms with Gasteiger partial charge in [0.15, 0.2) is 5.65 Å². The summed E-state index contributed by atoms with van der Waals surface area (Å²) >= 11 is 0. The Kier molecular flexibility index (Phi) is 4.31. The van der Waals surface area contributed by atoms with Gasteiger partial charge in [-0.05, 0) is 49.6 Å². The number of pyridine rings is 1. The maximum absolute atomic E-state index is 13.2. The van der Waals surface area contributed by atoms with Crippen molar-refractivity contribution in [3.63, 3.8) is 0 Å². The van der Waals surface area contributed by atoms with Gasteiger partial charge in [0.25, 0.3) is 0 Å². The molecule has 0 unspecified atom stereocenters. The number of benzene rings is 1. The van der Waals surface area contributed by atoms with E-state index in [9.17, 15) is 4.79 Å². The fraction of sp³-hybridized carbons (Fsp3) is 0.429. The van der Waals surface area contributed by atoms with Gasteiger partial charge >= 0.3 is 0 Å². The summed E-state index contributed by atoms with van der Waals surface area (Å²) in [5.41, 5.74) is 4.28. The molecule has 28 heavy (non-hydrogen) atoms. The number of rotatable bonds is 2. The molecule has 1 fully saturated rings. The van der Waals surface area contributed by atoms with Gasteiger partial charge in [-0.3, -0.25) is 9.69 Å². The summed E-state index contributed by atoms with van der Waals surface area (Å²) in [6, 6.07) is 12.4. The quantitative estimate of drug-likeness (QED) is 0.685. The van der Waals surface area contributed by atoms with Crippen LogP contribution in [-0.2, 0) is 17.8 Å². The molecule has 0 N–H and O–H groups in total. The third-order valence-electron chi connectivity index (χ3n) is 6.12. The summed E-state index contributed by atoms with van der Waals surface area (Å²) in [5.74, 6) is 0.247. The number of piperidine rings is 1. The molecule has 0 saturated carbocycles. The van der Waals surface area contributed by atoms with Crippen molar-refractivity contribution in [3.8, 4) is 0 Å². The number of aromatic nitrogens is 4. The summed E-state index contributed by atoms with van der Waals surface area (Å²) < 4.78 is 1.93. The lowest BCUT2D eigenvalue weighted by Crippen LogP contribution is -2.52. The first-order valence-electron chi connectivity index (χ1n) is 9.92.